The Kier molecular flexibility index (Phi) is 5.08. The third-order valence-corrected chi connectivity index (χ3v) is 5.73. The smallest absolute Gasteiger partial charge is 0.298 e. The zero-order chi connectivity index (χ0) is 22.2. The average molecular weight is 432 g/mol. The molecule has 0 aliphatic carbocycles. The number of carbonyl (C=O) groups is 1. The van der Waals surface area contributed by atoms with Crippen LogP contribution in [0.25, 0.3) is 11.4 Å². The summed E-state index contributed by atoms with van der Waals surface area (Å²) in [5.74, 6) is 1.44. The molecule has 2 aromatic heterocycles. The van der Waals surface area contributed by atoms with Crippen molar-refractivity contribution in [3.63, 3.8) is 0 Å². The molecule has 2 aliphatic heterocycles. The molecule has 2 bridgehead atoms. The van der Waals surface area contributed by atoms with Gasteiger partial charge in [0.2, 0.25) is 11.8 Å². The molecule has 1 atom stereocenters. The number of amides is 1. The van der Waals surface area contributed by atoms with E-state index < -0.39 is 5.91 Å². The number of aromatic nitrogens is 4. The lowest BCUT2D eigenvalue weighted by atomic mass is 10.0. The highest BCUT2D eigenvalue weighted by atomic mass is 16.5. The molecule has 5 rings (SSSR count). The van der Waals surface area contributed by atoms with E-state index in [2.05, 4.69) is 50.2 Å². The molecule has 32 heavy (non-hydrogen) atoms. The van der Waals surface area contributed by atoms with Crippen molar-refractivity contribution in [2.24, 2.45) is 18.0 Å². The van der Waals surface area contributed by atoms with Crippen LogP contribution in [0.4, 0.5) is 11.4 Å². The second kappa shape index (κ2) is 8.07. The van der Waals surface area contributed by atoms with E-state index >= 15 is 0 Å². The third-order valence-electron chi connectivity index (χ3n) is 5.73. The van der Waals surface area contributed by atoms with Crippen molar-refractivity contribution >= 4 is 23.2 Å². The Morgan fingerprint density at radius 1 is 1.25 bits per heavy atom. The van der Waals surface area contributed by atoms with Gasteiger partial charge in [-0.2, -0.15) is 10.1 Å². The maximum Gasteiger partial charge on any atom is 0.298 e. The summed E-state index contributed by atoms with van der Waals surface area (Å²) in [6.07, 6.45) is 5.08. The molecular formula is C23H25N7O2. The molecular weight excluding hydrogens is 406 g/mol. The monoisotopic (exact) mass is 431 g/mol. The highest BCUT2D eigenvalue weighted by molar-refractivity contribution is 6.18. The molecule has 0 radical (unpaired) electrons. The standard InChI is InChI=1S/C23H25N7O2/c1-14-6-7-17-19(11-14)30-13-15(2)5-4-10-32-22-16(12-25-29(22)3)20-24-9-8-18(26-20)21(31)28-23(30)27-17/h6-9,11-12,15H,4-5,10,13H2,1-3H3,(H,27,28,31)/t15-/m1/s1. The normalized spacial score (nSPS) is 20.0. The molecule has 0 saturated carbocycles. The van der Waals surface area contributed by atoms with Gasteiger partial charge in [-0.25, -0.2) is 14.6 Å². The van der Waals surface area contributed by atoms with Gasteiger partial charge in [-0.3, -0.25) is 4.79 Å². The van der Waals surface area contributed by atoms with Crippen molar-refractivity contribution in [3.8, 4) is 17.3 Å². The minimum atomic E-state index is -0.431. The predicted molar refractivity (Wildman–Crippen MR) is 122 cm³/mol. The molecule has 1 amide bonds. The van der Waals surface area contributed by atoms with Crippen LogP contribution in [0.3, 0.4) is 0 Å². The number of anilines is 2. The summed E-state index contributed by atoms with van der Waals surface area (Å²) in [6, 6.07) is 7.76. The van der Waals surface area contributed by atoms with Gasteiger partial charge in [0.1, 0.15) is 11.3 Å². The number of nitrogens with one attached hydrogen (secondary N) is 1. The number of ether oxygens (including phenoxy) is 1. The van der Waals surface area contributed by atoms with Gasteiger partial charge >= 0.3 is 0 Å². The minimum absolute atomic E-state index is 0.217. The number of benzene rings is 1. The van der Waals surface area contributed by atoms with Gasteiger partial charge in [-0.05, 0) is 49.4 Å². The van der Waals surface area contributed by atoms with Gasteiger partial charge in [0.05, 0.1) is 24.2 Å². The lowest BCUT2D eigenvalue weighted by Gasteiger charge is -2.23. The van der Waals surface area contributed by atoms with E-state index in [0.29, 0.717) is 35.8 Å². The van der Waals surface area contributed by atoms with Crippen molar-refractivity contribution in [2.75, 3.05) is 23.4 Å². The first-order chi connectivity index (χ1) is 15.5. The Labute approximate surface area is 186 Å². The molecule has 3 aromatic rings. The van der Waals surface area contributed by atoms with Crippen molar-refractivity contribution in [2.45, 2.75) is 26.7 Å². The molecule has 9 nitrogen and oxygen atoms in total. The van der Waals surface area contributed by atoms with Crippen molar-refractivity contribution in [1.82, 2.24) is 19.7 Å². The molecule has 0 spiro atoms. The SMILES string of the molecule is Cc1ccc2c(c1)N1C[C@H](C)CCCOc3c(cnn3C)-c3nccc(n3)C(=O)/N=C/1N2. The van der Waals surface area contributed by atoms with Gasteiger partial charge in [0.15, 0.2) is 5.82 Å². The molecule has 164 valence electrons. The lowest BCUT2D eigenvalue weighted by Crippen LogP contribution is -2.35. The topological polar surface area (TPSA) is 97.5 Å². The van der Waals surface area contributed by atoms with E-state index in [-0.39, 0.29) is 5.69 Å². The fourth-order valence-electron chi connectivity index (χ4n) is 4.06. The lowest BCUT2D eigenvalue weighted by molar-refractivity contribution is 0.0998. The van der Waals surface area contributed by atoms with E-state index in [4.69, 9.17) is 4.74 Å². The van der Waals surface area contributed by atoms with Crippen LogP contribution in [-0.2, 0) is 7.05 Å². The highest BCUT2D eigenvalue weighted by Crippen LogP contribution is 2.34. The summed E-state index contributed by atoms with van der Waals surface area (Å²) >= 11 is 0. The summed E-state index contributed by atoms with van der Waals surface area (Å²) < 4.78 is 7.71. The Balaban J connectivity index is 1.58. The van der Waals surface area contributed by atoms with Gasteiger partial charge in [0.25, 0.3) is 5.91 Å². The fourth-order valence-corrected chi connectivity index (χ4v) is 4.06. The number of carbonyl (C=O) groups excluding carboxylic acids is 1. The summed E-state index contributed by atoms with van der Waals surface area (Å²) in [6.45, 7) is 5.56. The summed E-state index contributed by atoms with van der Waals surface area (Å²) in [5, 5.41) is 7.59. The average Bonchev–Trinajstić information content (AvgIpc) is 3.31. The first-order valence-corrected chi connectivity index (χ1v) is 10.8. The number of fused-ring (bicyclic) bond motifs is 7. The van der Waals surface area contributed by atoms with Crippen LogP contribution >= 0.6 is 0 Å². The molecule has 1 aromatic carbocycles. The quantitative estimate of drug-likeness (QED) is 0.582. The highest BCUT2D eigenvalue weighted by Gasteiger charge is 2.28. The molecule has 1 N–H and O–H groups in total. The predicted octanol–water partition coefficient (Wildman–Crippen LogP) is 3.42. The Morgan fingerprint density at radius 3 is 3.00 bits per heavy atom. The number of rotatable bonds is 0. The number of hydrogen-bond donors (Lipinski definition) is 1. The van der Waals surface area contributed by atoms with E-state index in [1.165, 1.54) is 0 Å². The zero-order valence-electron chi connectivity index (χ0n) is 18.4. The van der Waals surface area contributed by atoms with E-state index in [9.17, 15) is 4.79 Å². The minimum Gasteiger partial charge on any atom is -0.477 e. The molecule has 2 aliphatic rings. The van der Waals surface area contributed by atoms with Gasteiger partial charge in [-0.15, -0.1) is 0 Å². The van der Waals surface area contributed by atoms with Crippen LogP contribution in [0.2, 0.25) is 0 Å². The van der Waals surface area contributed by atoms with Crippen LogP contribution in [0.15, 0.2) is 41.7 Å². The van der Waals surface area contributed by atoms with E-state index in [0.717, 1.165) is 36.3 Å². The van der Waals surface area contributed by atoms with Crippen LogP contribution in [-0.4, -0.2) is 44.8 Å². The Hall–Kier alpha value is -3.75. The zero-order valence-corrected chi connectivity index (χ0v) is 18.4. The molecule has 4 heterocycles. The van der Waals surface area contributed by atoms with Gasteiger partial charge in [-0.1, -0.05) is 13.0 Å². The summed E-state index contributed by atoms with van der Waals surface area (Å²) in [7, 11) is 1.82. The third kappa shape index (κ3) is 3.70. The largest absolute Gasteiger partial charge is 0.477 e. The maximum atomic E-state index is 13.1. The number of aliphatic imine (C=N–C) groups is 1. The fraction of sp³-hybridized carbons (Fsp3) is 0.348. The van der Waals surface area contributed by atoms with Crippen molar-refractivity contribution < 1.29 is 9.53 Å². The van der Waals surface area contributed by atoms with Crippen LogP contribution in [0.5, 0.6) is 5.88 Å². The Bertz CT molecular complexity index is 1220. The summed E-state index contributed by atoms with van der Waals surface area (Å²) in [4.78, 5) is 28.4. The first kappa shape index (κ1) is 20.2. The van der Waals surface area contributed by atoms with Crippen LogP contribution < -0.4 is 15.0 Å². The number of guanidine groups is 1. The second-order valence-electron chi connectivity index (χ2n) is 8.35. The molecule has 9 heteroatoms. The van der Waals surface area contributed by atoms with Crippen LogP contribution in [0.1, 0.15) is 35.8 Å². The molecule has 0 unspecified atom stereocenters. The number of nitrogens with zero attached hydrogens (tertiary/aromatic N) is 6. The summed E-state index contributed by atoms with van der Waals surface area (Å²) in [5.41, 5.74) is 4.00. The number of aryl methyl sites for hydroxylation is 2. The molecule has 0 fully saturated rings. The van der Waals surface area contributed by atoms with Crippen LogP contribution in [0, 0.1) is 12.8 Å². The van der Waals surface area contributed by atoms with Crippen molar-refractivity contribution in [3.05, 3.63) is 47.9 Å². The first-order valence-electron chi connectivity index (χ1n) is 10.8. The van der Waals surface area contributed by atoms with Crippen molar-refractivity contribution in [1.29, 1.82) is 0 Å². The van der Waals surface area contributed by atoms with Gasteiger partial charge < -0.3 is 15.0 Å². The maximum absolute atomic E-state index is 13.1. The van der Waals surface area contributed by atoms with E-state index in [1.807, 2.05) is 19.2 Å². The second-order valence-corrected chi connectivity index (χ2v) is 8.35. The van der Waals surface area contributed by atoms with Gasteiger partial charge in [0, 0.05) is 19.8 Å². The number of hydrogen-bond acceptors (Lipinski definition) is 7. The van der Waals surface area contributed by atoms with E-state index in [1.54, 1.807) is 23.1 Å². The Morgan fingerprint density at radius 2 is 2.12 bits per heavy atom. The molecule has 0 saturated heterocycles.